The molecule has 86 valence electrons. The molecule has 0 aromatic carbocycles. The van der Waals surface area contributed by atoms with E-state index in [0.29, 0.717) is 0 Å². The van der Waals surface area contributed by atoms with Gasteiger partial charge in [0.2, 0.25) is 0 Å². The molecule has 0 N–H and O–H groups in total. The van der Waals surface area contributed by atoms with E-state index in [9.17, 15) is 30.4 Å². The fourth-order valence-electron chi connectivity index (χ4n) is 0.376. The molecule has 0 bridgehead atoms. The van der Waals surface area contributed by atoms with Crippen molar-refractivity contribution >= 4 is 10.4 Å². The third kappa shape index (κ3) is 8.13. The van der Waals surface area contributed by atoms with Crippen molar-refractivity contribution in [1.82, 2.24) is 0 Å². The van der Waals surface area contributed by atoms with E-state index in [0.717, 1.165) is 0 Å². The van der Waals surface area contributed by atoms with E-state index < -0.39 is 36.2 Å². The Kier molecular flexibility index (Phi) is 4.68. The van der Waals surface area contributed by atoms with Crippen molar-refractivity contribution in [2.75, 3.05) is 6.61 Å². The molecule has 0 radical (unpaired) electrons. The molecule has 0 aromatic rings. The first-order valence-electron chi connectivity index (χ1n) is 3.05. The lowest BCUT2D eigenvalue weighted by molar-refractivity contribution is -0.140. The summed E-state index contributed by atoms with van der Waals surface area (Å²) in [7, 11) is -5.05. The average Bonchev–Trinajstić information content (AvgIpc) is 1.78. The molecule has 0 spiro atoms. The summed E-state index contributed by atoms with van der Waals surface area (Å²) in [4.78, 5) is 0. The van der Waals surface area contributed by atoms with Crippen LogP contribution >= 0.6 is 0 Å². The smallest absolute Gasteiger partial charge is 0.248 e. The van der Waals surface area contributed by atoms with Crippen LogP contribution in [0.2, 0.25) is 0 Å². The van der Waals surface area contributed by atoms with Gasteiger partial charge >= 0.3 is 23.2 Å². The van der Waals surface area contributed by atoms with Gasteiger partial charge in [0.15, 0.2) is 0 Å². The predicted octanol–water partition coefficient (Wildman–Crippen LogP) is 1.44. The lowest BCUT2D eigenvalue weighted by Gasteiger charge is -2.06. The molecule has 0 aromatic heterocycles. The molecule has 0 fully saturated rings. The zero-order chi connectivity index (χ0) is 11.4. The fraction of sp³-hybridized carbons (Fsp3) is 1.00. The van der Waals surface area contributed by atoms with Crippen LogP contribution in [0.1, 0.15) is 6.42 Å². The van der Waals surface area contributed by atoms with Gasteiger partial charge in [0, 0.05) is 0 Å². The monoisotopic (exact) mass is 244 g/mol. The lowest BCUT2D eigenvalue weighted by Crippen LogP contribution is -2.18. The minimum atomic E-state index is -5.05. The normalized spacial score (nSPS) is 13.6. The Morgan fingerprint density at radius 1 is 1.21 bits per heavy atom. The van der Waals surface area contributed by atoms with Crippen molar-refractivity contribution in [3.8, 4) is 0 Å². The van der Waals surface area contributed by atoms with Gasteiger partial charge in [0.1, 0.15) is 0 Å². The number of rotatable bonds is 5. The number of halogens is 5. The molecule has 0 saturated carbocycles. The zero-order valence-corrected chi connectivity index (χ0v) is 7.24. The van der Waals surface area contributed by atoms with E-state index in [4.69, 9.17) is 0 Å². The van der Waals surface area contributed by atoms with Crippen LogP contribution < -0.4 is 0 Å². The number of hydrogen-bond acceptors (Lipinski definition) is 4. The molecule has 0 atom stereocenters. The van der Waals surface area contributed by atoms with Crippen LogP contribution in [0.25, 0.3) is 0 Å². The van der Waals surface area contributed by atoms with Crippen molar-refractivity contribution in [2.24, 2.45) is 0 Å². The highest BCUT2D eigenvalue weighted by atomic mass is 32.3. The molecule has 0 saturated heterocycles. The van der Waals surface area contributed by atoms with Crippen molar-refractivity contribution < 1.29 is 38.7 Å². The molecule has 10 heteroatoms. The maximum atomic E-state index is 11.4. The summed E-state index contributed by atoms with van der Waals surface area (Å²) in [5.74, 6) is 0. The number of hydrogen-bond donors (Lipinski definition) is 0. The largest absolute Gasteiger partial charge is 0.404 e. The highest BCUT2D eigenvalue weighted by Crippen LogP contribution is 2.19. The molecular weight excluding hydrogens is 239 g/mol. The topological polar surface area (TPSA) is 52.6 Å². The van der Waals surface area contributed by atoms with Gasteiger partial charge in [-0.25, -0.2) is 4.18 Å². The molecule has 0 aliphatic carbocycles. The molecule has 0 unspecified atom stereocenters. The van der Waals surface area contributed by atoms with Crippen molar-refractivity contribution in [2.45, 2.75) is 19.2 Å². The summed E-state index contributed by atoms with van der Waals surface area (Å²) in [6.07, 6.45) is -6.20. The third-order valence-electron chi connectivity index (χ3n) is 0.804. The van der Waals surface area contributed by atoms with Gasteiger partial charge in [-0.15, -0.1) is 0 Å². The highest BCUT2D eigenvalue weighted by Gasteiger charge is 2.28. The van der Waals surface area contributed by atoms with Crippen LogP contribution in [0.5, 0.6) is 0 Å². The summed E-state index contributed by atoms with van der Waals surface area (Å²) in [6.45, 7) is -4.95. The van der Waals surface area contributed by atoms with Crippen LogP contribution in [-0.2, 0) is 18.8 Å². The van der Waals surface area contributed by atoms with E-state index in [1.54, 1.807) is 0 Å². The number of alkyl halides is 5. The fourth-order valence-corrected chi connectivity index (χ4v) is 0.898. The van der Waals surface area contributed by atoms with Gasteiger partial charge in [-0.2, -0.15) is 34.6 Å². The van der Waals surface area contributed by atoms with Gasteiger partial charge in [0.05, 0.1) is 13.0 Å². The quantitative estimate of drug-likeness (QED) is 0.686. The molecule has 4 nitrogen and oxygen atoms in total. The summed E-state index contributed by atoms with van der Waals surface area (Å²) in [5, 5.41) is 0. The maximum absolute atomic E-state index is 11.4. The SMILES string of the molecule is O=S(=O)(OCCC(F)(F)F)OC(F)F. The maximum Gasteiger partial charge on any atom is 0.404 e. The Morgan fingerprint density at radius 3 is 2.07 bits per heavy atom. The molecule has 0 rings (SSSR count). The second kappa shape index (κ2) is 4.84. The first-order valence-corrected chi connectivity index (χ1v) is 4.38. The van der Waals surface area contributed by atoms with Crippen LogP contribution in [0, 0.1) is 0 Å². The lowest BCUT2D eigenvalue weighted by atomic mass is 10.5. The highest BCUT2D eigenvalue weighted by molar-refractivity contribution is 7.81. The molecular formula is C4H5F5O4S. The van der Waals surface area contributed by atoms with Crippen LogP contribution in [-0.4, -0.2) is 27.8 Å². The first-order chi connectivity index (χ1) is 6.12. The zero-order valence-electron chi connectivity index (χ0n) is 6.42. The minimum absolute atomic E-state index is 1.29. The van der Waals surface area contributed by atoms with Gasteiger partial charge in [-0.3, -0.25) is 0 Å². The molecule has 0 amide bonds. The Balaban J connectivity index is 3.90. The molecule has 0 heterocycles. The van der Waals surface area contributed by atoms with Gasteiger partial charge in [0.25, 0.3) is 0 Å². The predicted molar refractivity (Wildman–Crippen MR) is 32.6 cm³/mol. The first kappa shape index (κ1) is 13.5. The van der Waals surface area contributed by atoms with Gasteiger partial charge in [-0.05, 0) is 0 Å². The van der Waals surface area contributed by atoms with Crippen molar-refractivity contribution in [1.29, 1.82) is 0 Å². The molecule has 0 aliphatic heterocycles. The minimum Gasteiger partial charge on any atom is -0.248 e. The van der Waals surface area contributed by atoms with Crippen LogP contribution in [0.15, 0.2) is 0 Å². The van der Waals surface area contributed by atoms with E-state index in [2.05, 4.69) is 8.37 Å². The van der Waals surface area contributed by atoms with E-state index in [1.807, 2.05) is 0 Å². The van der Waals surface area contributed by atoms with Crippen molar-refractivity contribution in [3.63, 3.8) is 0 Å². The summed E-state index contributed by atoms with van der Waals surface area (Å²) >= 11 is 0. The van der Waals surface area contributed by atoms with Crippen molar-refractivity contribution in [3.05, 3.63) is 0 Å². The van der Waals surface area contributed by atoms with E-state index in [-0.39, 0.29) is 0 Å². The summed E-state index contributed by atoms with van der Waals surface area (Å²) in [5.41, 5.74) is 0. The second-order valence-electron chi connectivity index (χ2n) is 1.95. The summed E-state index contributed by atoms with van der Waals surface area (Å²) < 4.78 is 83.7. The van der Waals surface area contributed by atoms with Crippen LogP contribution in [0.4, 0.5) is 22.0 Å². The average molecular weight is 244 g/mol. The Labute approximate surface area is 75.9 Å². The van der Waals surface area contributed by atoms with E-state index in [1.165, 1.54) is 0 Å². The second-order valence-corrected chi connectivity index (χ2v) is 3.20. The Bertz CT molecular complexity index is 257. The molecule has 0 aliphatic rings. The summed E-state index contributed by atoms with van der Waals surface area (Å²) in [6, 6.07) is 0. The third-order valence-corrected chi connectivity index (χ3v) is 1.64. The Morgan fingerprint density at radius 2 is 1.71 bits per heavy atom. The van der Waals surface area contributed by atoms with Gasteiger partial charge in [-0.1, -0.05) is 0 Å². The van der Waals surface area contributed by atoms with E-state index >= 15 is 0 Å². The standard InChI is InChI=1S/C4H5F5O4S/c5-3(6)13-14(10,11)12-2-1-4(7,8)9/h3H,1-2H2. The molecule has 14 heavy (non-hydrogen) atoms. The van der Waals surface area contributed by atoms with Crippen LogP contribution in [0.3, 0.4) is 0 Å². The Hall–Kier alpha value is -0.480. The van der Waals surface area contributed by atoms with Gasteiger partial charge < -0.3 is 0 Å².